The normalized spacial score (nSPS) is 37.7. The molecule has 1 N–H and O–H groups in total. The Morgan fingerprint density at radius 3 is 2.33 bits per heavy atom. The van der Waals surface area contributed by atoms with Gasteiger partial charge in [-0.15, -0.1) is 0 Å². The van der Waals surface area contributed by atoms with E-state index in [0.29, 0.717) is 41.7 Å². The number of piperazine rings is 1. The van der Waals surface area contributed by atoms with Crippen LogP contribution in [0.2, 0.25) is 0 Å². The maximum absolute atomic E-state index is 13.1. The third-order valence-corrected chi connectivity index (χ3v) is 10.7. The summed E-state index contributed by atoms with van der Waals surface area (Å²) in [5, 5.41) is 2.32. The molecule has 0 bridgehead atoms. The Bertz CT molecular complexity index is 862. The number of carbonyl (C=O) groups is 2. The molecule has 33 heavy (non-hydrogen) atoms. The molecule has 2 amide bonds. The molecule has 0 spiro atoms. The highest BCUT2D eigenvalue weighted by molar-refractivity contribution is 7.91. The van der Waals surface area contributed by atoms with E-state index >= 15 is 0 Å². The summed E-state index contributed by atoms with van der Waals surface area (Å²) in [6.07, 6.45) is 6.65. The van der Waals surface area contributed by atoms with Crippen LogP contribution in [0.25, 0.3) is 0 Å². The second kappa shape index (κ2) is 9.11. The highest BCUT2D eigenvalue weighted by Gasteiger charge is 2.49. The van der Waals surface area contributed by atoms with E-state index in [1.165, 1.54) is 0 Å². The maximum Gasteiger partial charge on any atom is 0.226 e. The zero-order chi connectivity index (χ0) is 23.3. The molecule has 3 aliphatic heterocycles. The fourth-order valence-electron chi connectivity index (χ4n) is 6.99. The Hall–Kier alpha value is -1.19. The fourth-order valence-corrected chi connectivity index (χ4v) is 8.58. The predicted octanol–water partition coefficient (Wildman–Crippen LogP) is 1.27. The van der Waals surface area contributed by atoms with Crippen LogP contribution in [0.4, 0.5) is 0 Å². The molecule has 0 radical (unpaired) electrons. The summed E-state index contributed by atoms with van der Waals surface area (Å²) in [5.41, 5.74) is 3.58. The summed E-state index contributed by atoms with van der Waals surface area (Å²) in [6, 6.07) is 0.389. The van der Waals surface area contributed by atoms with Gasteiger partial charge in [-0.25, -0.2) is 13.4 Å². The van der Waals surface area contributed by atoms with Gasteiger partial charge in [0.05, 0.1) is 23.6 Å². The third kappa shape index (κ3) is 4.96. The minimum atomic E-state index is -2.82. The number of hydrazine groups is 1. The quantitative estimate of drug-likeness (QED) is 0.652. The molecule has 8 nitrogen and oxygen atoms in total. The molecular formula is C24H40N4O4S. The topological polar surface area (TPSA) is 90.0 Å². The molecule has 4 unspecified atom stereocenters. The lowest BCUT2D eigenvalue weighted by Crippen LogP contribution is -2.67. The number of rotatable bonds is 4. The lowest BCUT2D eigenvalue weighted by Gasteiger charge is -2.54. The number of nitrogens with one attached hydrogen (secondary N) is 1. The van der Waals surface area contributed by atoms with E-state index in [0.717, 1.165) is 64.6 Å². The van der Waals surface area contributed by atoms with Gasteiger partial charge in [-0.2, -0.15) is 0 Å². The van der Waals surface area contributed by atoms with E-state index < -0.39 is 9.84 Å². The Morgan fingerprint density at radius 1 is 0.939 bits per heavy atom. The van der Waals surface area contributed by atoms with Crippen molar-refractivity contribution in [2.45, 2.75) is 76.9 Å². The molecule has 3 saturated heterocycles. The van der Waals surface area contributed by atoms with Crippen LogP contribution in [0.15, 0.2) is 0 Å². The molecule has 5 atom stereocenters. The fraction of sp³-hybridized carbons (Fsp3) is 0.917. The molecule has 9 heteroatoms. The average molecular weight is 481 g/mol. The van der Waals surface area contributed by atoms with E-state index in [2.05, 4.69) is 27.2 Å². The number of hydrogen-bond donors (Lipinski definition) is 1. The first-order valence-electron chi connectivity index (χ1n) is 13.0. The van der Waals surface area contributed by atoms with Crippen molar-refractivity contribution in [3.63, 3.8) is 0 Å². The summed E-state index contributed by atoms with van der Waals surface area (Å²) >= 11 is 0. The number of nitrogens with zero attached hydrogens (tertiary/aromatic N) is 3. The maximum atomic E-state index is 13.1. The Morgan fingerprint density at radius 2 is 1.67 bits per heavy atom. The van der Waals surface area contributed by atoms with Gasteiger partial charge in [-0.05, 0) is 69.6 Å². The van der Waals surface area contributed by atoms with Crippen LogP contribution >= 0.6 is 0 Å². The SMILES string of the molecule is CC(=O)N1C2CCC(C3CNN(CC4CCS(=O)(=O)CC4)C3)CC2N(C(=O)C2CC2)C[C@@H]1C. The van der Waals surface area contributed by atoms with Crippen molar-refractivity contribution in [3.05, 3.63) is 0 Å². The molecule has 3 heterocycles. The second-order valence-corrected chi connectivity index (χ2v) is 13.7. The van der Waals surface area contributed by atoms with Gasteiger partial charge in [-0.3, -0.25) is 15.0 Å². The number of amides is 2. The molecule has 0 aromatic heterocycles. The monoisotopic (exact) mass is 480 g/mol. The van der Waals surface area contributed by atoms with Crippen LogP contribution in [0, 0.1) is 23.7 Å². The van der Waals surface area contributed by atoms with Crippen LogP contribution in [0.5, 0.6) is 0 Å². The summed E-state index contributed by atoms with van der Waals surface area (Å²) < 4.78 is 23.5. The van der Waals surface area contributed by atoms with Crippen LogP contribution in [-0.4, -0.2) is 90.9 Å². The minimum Gasteiger partial charge on any atom is -0.335 e. The molecule has 2 aliphatic carbocycles. The van der Waals surface area contributed by atoms with Gasteiger partial charge in [-0.1, -0.05) is 0 Å². The van der Waals surface area contributed by atoms with Gasteiger partial charge in [0.2, 0.25) is 11.8 Å². The van der Waals surface area contributed by atoms with Crippen LogP contribution in [-0.2, 0) is 19.4 Å². The van der Waals surface area contributed by atoms with Gasteiger partial charge in [0.15, 0.2) is 0 Å². The van der Waals surface area contributed by atoms with Crippen LogP contribution in [0.1, 0.15) is 58.8 Å². The number of fused-ring (bicyclic) bond motifs is 1. The van der Waals surface area contributed by atoms with Crippen LogP contribution in [0.3, 0.4) is 0 Å². The second-order valence-electron chi connectivity index (χ2n) is 11.4. The Balaban J connectivity index is 1.22. The molecule has 0 aromatic carbocycles. The average Bonchev–Trinajstić information content (AvgIpc) is 3.52. The first-order valence-corrected chi connectivity index (χ1v) is 14.8. The van der Waals surface area contributed by atoms with Crippen molar-refractivity contribution in [1.29, 1.82) is 0 Å². The highest BCUT2D eigenvalue weighted by Crippen LogP contribution is 2.42. The van der Waals surface area contributed by atoms with Gasteiger partial charge < -0.3 is 9.80 Å². The first kappa shape index (κ1) is 23.5. The van der Waals surface area contributed by atoms with E-state index in [-0.39, 0.29) is 30.0 Å². The number of carbonyl (C=O) groups excluding carboxylic acids is 2. The van der Waals surface area contributed by atoms with Crippen molar-refractivity contribution in [3.8, 4) is 0 Å². The van der Waals surface area contributed by atoms with Crippen molar-refractivity contribution >= 4 is 21.7 Å². The summed E-state index contributed by atoms with van der Waals surface area (Å²) in [7, 11) is -2.82. The van der Waals surface area contributed by atoms with Crippen molar-refractivity contribution in [1.82, 2.24) is 20.2 Å². The lowest BCUT2D eigenvalue weighted by molar-refractivity contribution is -0.155. The predicted molar refractivity (Wildman–Crippen MR) is 126 cm³/mol. The molecular weight excluding hydrogens is 440 g/mol. The summed E-state index contributed by atoms with van der Waals surface area (Å²) in [4.78, 5) is 29.8. The van der Waals surface area contributed by atoms with E-state index in [1.807, 2.05) is 0 Å². The molecule has 186 valence electrons. The molecule has 5 fully saturated rings. The van der Waals surface area contributed by atoms with Crippen molar-refractivity contribution in [2.24, 2.45) is 23.7 Å². The Kier molecular flexibility index (Phi) is 6.50. The molecule has 2 saturated carbocycles. The van der Waals surface area contributed by atoms with Crippen molar-refractivity contribution in [2.75, 3.05) is 37.7 Å². The molecule has 5 rings (SSSR count). The van der Waals surface area contributed by atoms with Crippen LogP contribution < -0.4 is 5.43 Å². The smallest absolute Gasteiger partial charge is 0.226 e. The zero-order valence-corrected chi connectivity index (χ0v) is 20.9. The van der Waals surface area contributed by atoms with Gasteiger partial charge in [0, 0.05) is 45.1 Å². The first-order chi connectivity index (χ1) is 15.7. The van der Waals surface area contributed by atoms with Gasteiger partial charge in [0.1, 0.15) is 9.84 Å². The highest BCUT2D eigenvalue weighted by atomic mass is 32.2. The van der Waals surface area contributed by atoms with E-state index in [4.69, 9.17) is 0 Å². The Labute approximate surface area is 198 Å². The van der Waals surface area contributed by atoms with Gasteiger partial charge in [0.25, 0.3) is 0 Å². The third-order valence-electron chi connectivity index (χ3n) is 8.94. The summed E-state index contributed by atoms with van der Waals surface area (Å²) in [6.45, 7) is 7.31. The number of sulfone groups is 1. The largest absolute Gasteiger partial charge is 0.335 e. The number of hydrogen-bond acceptors (Lipinski definition) is 6. The van der Waals surface area contributed by atoms with E-state index in [9.17, 15) is 18.0 Å². The standard InChI is InChI=1S/C24H40N4O4S/c1-16-13-27(24(30)19-3-4-19)23-11-20(5-6-22(23)28(16)17(2)29)21-12-25-26(15-21)14-18-7-9-33(31,32)10-8-18/h16,18-23,25H,3-15H2,1-2H3/t16-,20?,21?,22?,23?/m0/s1. The van der Waals surface area contributed by atoms with Gasteiger partial charge >= 0.3 is 0 Å². The summed E-state index contributed by atoms with van der Waals surface area (Å²) in [5.74, 6) is 2.87. The van der Waals surface area contributed by atoms with Crippen molar-refractivity contribution < 1.29 is 18.0 Å². The molecule has 5 aliphatic rings. The molecule has 0 aromatic rings. The lowest BCUT2D eigenvalue weighted by atomic mass is 9.73. The minimum absolute atomic E-state index is 0.0888. The zero-order valence-electron chi connectivity index (χ0n) is 20.1. The van der Waals surface area contributed by atoms with E-state index in [1.54, 1.807) is 6.92 Å².